The van der Waals surface area contributed by atoms with E-state index in [-0.39, 0.29) is 28.5 Å². The zero-order chi connectivity index (χ0) is 16.0. The maximum absolute atomic E-state index is 12.7. The Morgan fingerprint density at radius 3 is 2.09 bits per heavy atom. The molecule has 0 N–H and O–H groups in total. The number of fused-ring (bicyclic) bond motifs is 2. The molecule has 23 heavy (non-hydrogen) atoms. The van der Waals surface area contributed by atoms with Gasteiger partial charge in [-0.25, -0.2) is 8.42 Å². The molecule has 1 aromatic rings. The van der Waals surface area contributed by atoms with Gasteiger partial charge in [-0.2, -0.15) is 0 Å². The van der Waals surface area contributed by atoms with E-state index >= 15 is 0 Å². The zero-order valence-corrected chi connectivity index (χ0v) is 13.6. The number of hydrogen-bond acceptors (Lipinski definition) is 5. The van der Waals surface area contributed by atoms with Crippen molar-refractivity contribution in [1.29, 1.82) is 0 Å². The number of rotatable bonds is 3. The monoisotopic (exact) mass is 336 g/mol. The van der Waals surface area contributed by atoms with E-state index in [1.807, 2.05) is 12.1 Å². The molecule has 124 valence electrons. The van der Waals surface area contributed by atoms with E-state index in [2.05, 4.69) is 0 Å². The van der Waals surface area contributed by atoms with Gasteiger partial charge in [0.1, 0.15) is 0 Å². The fraction of sp³-hybridized carbons (Fsp3) is 0.588. The highest BCUT2D eigenvalue weighted by atomic mass is 32.2. The average molecular weight is 336 g/mol. The lowest BCUT2D eigenvalue weighted by atomic mass is 9.90. The molecular weight excluding hydrogens is 316 g/mol. The molecule has 4 rings (SSSR count). The van der Waals surface area contributed by atoms with Gasteiger partial charge in [0, 0.05) is 17.0 Å². The number of sulfone groups is 1. The predicted octanol–water partition coefficient (Wildman–Crippen LogP) is 2.27. The summed E-state index contributed by atoms with van der Waals surface area (Å²) in [6.07, 6.45) is 2.05. The third-order valence-corrected chi connectivity index (χ3v) is 8.01. The minimum Gasteiger partial charge on any atom is -0.346 e. The van der Waals surface area contributed by atoms with E-state index < -0.39 is 9.84 Å². The van der Waals surface area contributed by atoms with Crippen LogP contribution in [0.5, 0.6) is 0 Å². The smallest absolute Gasteiger partial charge is 0.184 e. The summed E-state index contributed by atoms with van der Waals surface area (Å²) in [4.78, 5) is 12.7. The minimum atomic E-state index is -2.98. The highest BCUT2D eigenvalue weighted by Crippen LogP contribution is 2.42. The first-order chi connectivity index (χ1) is 11.1. The molecule has 3 fully saturated rings. The van der Waals surface area contributed by atoms with Crippen LogP contribution in [0.2, 0.25) is 0 Å². The van der Waals surface area contributed by atoms with Crippen LogP contribution in [0.4, 0.5) is 0 Å². The molecule has 2 atom stereocenters. The minimum absolute atomic E-state index is 0.0663. The van der Waals surface area contributed by atoms with Crippen LogP contribution < -0.4 is 0 Å². The van der Waals surface area contributed by atoms with Gasteiger partial charge in [0.2, 0.25) is 0 Å². The van der Waals surface area contributed by atoms with Crippen molar-refractivity contribution in [3.63, 3.8) is 0 Å². The number of ketones is 1. The Morgan fingerprint density at radius 2 is 1.52 bits per heavy atom. The van der Waals surface area contributed by atoms with Crippen molar-refractivity contribution in [1.82, 2.24) is 0 Å². The van der Waals surface area contributed by atoms with Gasteiger partial charge >= 0.3 is 0 Å². The molecule has 2 bridgehead atoms. The first kappa shape index (κ1) is 15.3. The second-order valence-corrected chi connectivity index (χ2v) is 9.15. The largest absolute Gasteiger partial charge is 0.346 e. The van der Waals surface area contributed by atoms with Crippen molar-refractivity contribution in [2.45, 2.75) is 42.5 Å². The van der Waals surface area contributed by atoms with Crippen LogP contribution in [0, 0.1) is 5.92 Å². The highest BCUT2D eigenvalue weighted by Gasteiger charge is 2.48. The van der Waals surface area contributed by atoms with Gasteiger partial charge in [-0.1, -0.05) is 24.3 Å². The van der Waals surface area contributed by atoms with Crippen LogP contribution in [0.25, 0.3) is 0 Å². The number of Topliss-reactive ketones (excluding diaryl/α,β-unsaturated/α-hetero) is 1. The summed E-state index contributed by atoms with van der Waals surface area (Å²) in [5.41, 5.74) is 1.56. The molecule has 2 unspecified atom stereocenters. The van der Waals surface area contributed by atoms with Gasteiger partial charge in [0.25, 0.3) is 0 Å². The van der Waals surface area contributed by atoms with Gasteiger partial charge < -0.3 is 9.47 Å². The number of carbonyl (C=O) groups excluding carboxylic acids is 1. The third-order valence-electron chi connectivity index (χ3n) is 5.29. The molecule has 0 aliphatic carbocycles. The first-order valence-electron chi connectivity index (χ1n) is 8.16. The standard InChI is InChI=1S/C17H20O5S/c18-16(13-9-14-5-6-15(10-13)23(14,19)20)11-1-3-12(4-2-11)17-21-7-8-22-17/h1-4,13-15,17H,5-10H2. The Morgan fingerprint density at radius 1 is 0.957 bits per heavy atom. The first-order valence-corrected chi connectivity index (χ1v) is 9.77. The number of hydrogen-bond donors (Lipinski definition) is 0. The summed E-state index contributed by atoms with van der Waals surface area (Å²) >= 11 is 0. The lowest BCUT2D eigenvalue weighted by Crippen LogP contribution is -2.36. The second kappa shape index (κ2) is 5.69. The van der Waals surface area contributed by atoms with Crippen LogP contribution in [0.3, 0.4) is 0 Å². The molecule has 3 saturated heterocycles. The highest BCUT2D eigenvalue weighted by molar-refractivity contribution is 7.93. The van der Waals surface area contributed by atoms with Crippen LogP contribution in [-0.4, -0.2) is 37.9 Å². The molecule has 3 heterocycles. The van der Waals surface area contributed by atoms with E-state index in [9.17, 15) is 13.2 Å². The molecule has 0 aromatic heterocycles. The average Bonchev–Trinajstić information content (AvgIpc) is 3.09. The Kier molecular flexibility index (Phi) is 3.78. The van der Waals surface area contributed by atoms with Gasteiger partial charge in [-0.3, -0.25) is 4.79 Å². The van der Waals surface area contributed by atoms with Crippen molar-refractivity contribution in [2.24, 2.45) is 5.92 Å². The summed E-state index contributed by atoms with van der Waals surface area (Å²) in [5, 5.41) is -0.621. The quantitative estimate of drug-likeness (QED) is 0.792. The Balaban J connectivity index is 1.49. The Labute approximate surface area is 135 Å². The maximum atomic E-state index is 12.7. The summed E-state index contributed by atoms with van der Waals surface area (Å²) < 4.78 is 35.1. The summed E-state index contributed by atoms with van der Waals surface area (Å²) in [6, 6.07) is 7.32. The zero-order valence-electron chi connectivity index (χ0n) is 12.8. The van der Waals surface area contributed by atoms with Gasteiger partial charge in [0.15, 0.2) is 21.9 Å². The molecule has 1 aromatic carbocycles. The molecule has 6 heteroatoms. The van der Waals surface area contributed by atoms with Gasteiger partial charge in [-0.05, 0) is 25.7 Å². The van der Waals surface area contributed by atoms with Gasteiger partial charge in [-0.15, -0.1) is 0 Å². The molecule has 5 nitrogen and oxygen atoms in total. The van der Waals surface area contributed by atoms with Crippen LogP contribution >= 0.6 is 0 Å². The van der Waals surface area contributed by atoms with Crippen molar-refractivity contribution in [3.8, 4) is 0 Å². The predicted molar refractivity (Wildman–Crippen MR) is 83.9 cm³/mol. The second-order valence-electron chi connectivity index (χ2n) is 6.64. The van der Waals surface area contributed by atoms with Gasteiger partial charge in [0.05, 0.1) is 23.7 Å². The molecule has 3 aliphatic rings. The van der Waals surface area contributed by atoms with Crippen molar-refractivity contribution >= 4 is 15.6 Å². The molecule has 0 saturated carbocycles. The molecular formula is C17H20O5S. The molecule has 0 spiro atoms. The lowest BCUT2D eigenvalue weighted by molar-refractivity contribution is -0.0441. The number of benzene rings is 1. The fourth-order valence-corrected chi connectivity index (χ4v) is 6.49. The SMILES string of the molecule is O=C(c1ccc(C2OCCO2)cc1)C1CC2CCC(C1)S2(=O)=O. The van der Waals surface area contributed by atoms with E-state index in [4.69, 9.17) is 9.47 Å². The van der Waals surface area contributed by atoms with E-state index in [0.717, 1.165) is 5.56 Å². The number of ether oxygens (including phenoxy) is 2. The van der Waals surface area contributed by atoms with E-state index in [0.29, 0.717) is 44.5 Å². The van der Waals surface area contributed by atoms with E-state index in [1.54, 1.807) is 12.1 Å². The Bertz CT molecular complexity index is 683. The Hall–Kier alpha value is -1.24. The fourth-order valence-electron chi connectivity index (χ4n) is 4.01. The van der Waals surface area contributed by atoms with Crippen molar-refractivity contribution < 1.29 is 22.7 Å². The molecule has 3 aliphatic heterocycles. The summed E-state index contributed by atoms with van der Waals surface area (Å²) in [7, 11) is -2.98. The van der Waals surface area contributed by atoms with Crippen molar-refractivity contribution in [2.75, 3.05) is 13.2 Å². The maximum Gasteiger partial charge on any atom is 0.184 e. The lowest BCUT2D eigenvalue weighted by Gasteiger charge is -2.27. The number of carbonyl (C=O) groups is 1. The van der Waals surface area contributed by atoms with Crippen molar-refractivity contribution in [3.05, 3.63) is 35.4 Å². The van der Waals surface area contributed by atoms with E-state index in [1.165, 1.54) is 0 Å². The van der Waals surface area contributed by atoms with Crippen LogP contribution in [-0.2, 0) is 19.3 Å². The third kappa shape index (κ3) is 2.62. The van der Waals surface area contributed by atoms with Crippen LogP contribution in [0.1, 0.15) is 47.9 Å². The summed E-state index contributed by atoms with van der Waals surface area (Å²) in [6.45, 7) is 1.18. The normalized spacial score (nSPS) is 33.0. The summed E-state index contributed by atoms with van der Waals surface area (Å²) in [5.74, 6) is -0.0996. The topological polar surface area (TPSA) is 69.7 Å². The molecule has 0 radical (unpaired) electrons. The van der Waals surface area contributed by atoms with Crippen LogP contribution in [0.15, 0.2) is 24.3 Å². The molecule has 0 amide bonds.